The monoisotopic (exact) mass is 353 g/mol. The molecule has 9 heteroatoms. The summed E-state index contributed by atoms with van der Waals surface area (Å²) in [7, 11) is 4.54. The van der Waals surface area contributed by atoms with Crippen LogP contribution in [-0.4, -0.2) is 54.0 Å². The summed E-state index contributed by atoms with van der Waals surface area (Å²) in [5, 5.41) is 13.4. The summed E-state index contributed by atoms with van der Waals surface area (Å²) in [5.74, 6) is -0.678. The van der Waals surface area contributed by atoms with E-state index in [0.29, 0.717) is 18.9 Å². The van der Waals surface area contributed by atoms with Crippen molar-refractivity contribution < 1.29 is 28.3 Å². The van der Waals surface area contributed by atoms with Crippen LogP contribution >= 0.6 is 0 Å². The second-order valence-electron chi connectivity index (χ2n) is 5.39. The number of aromatic nitrogens is 2. The van der Waals surface area contributed by atoms with Crippen LogP contribution in [0.2, 0.25) is 0 Å². The van der Waals surface area contributed by atoms with Gasteiger partial charge in [0.2, 0.25) is 5.89 Å². The van der Waals surface area contributed by atoms with E-state index in [1.54, 1.807) is 14.2 Å². The van der Waals surface area contributed by atoms with Crippen molar-refractivity contribution >= 4 is 5.97 Å². The molecule has 0 aliphatic rings. The molecule has 1 atom stereocenters. The highest BCUT2D eigenvalue weighted by Gasteiger charge is 2.29. The van der Waals surface area contributed by atoms with Crippen molar-refractivity contribution in [3.8, 4) is 5.75 Å². The van der Waals surface area contributed by atoms with Crippen molar-refractivity contribution in [2.24, 2.45) is 0 Å². The molecule has 1 unspecified atom stereocenters. The van der Waals surface area contributed by atoms with Gasteiger partial charge in [-0.15, -0.1) is 0 Å². The lowest BCUT2D eigenvalue weighted by Gasteiger charge is -2.24. The van der Waals surface area contributed by atoms with E-state index in [2.05, 4.69) is 10.1 Å². The first-order valence-corrected chi connectivity index (χ1v) is 7.53. The van der Waals surface area contributed by atoms with E-state index in [1.807, 2.05) is 0 Å². The lowest BCUT2D eigenvalue weighted by atomic mass is 10.0. The molecule has 0 amide bonds. The van der Waals surface area contributed by atoms with Gasteiger partial charge in [-0.3, -0.25) is 9.69 Å². The van der Waals surface area contributed by atoms with Crippen LogP contribution < -0.4 is 4.74 Å². The molecular formula is C16H20FN3O5. The van der Waals surface area contributed by atoms with Crippen LogP contribution in [0.15, 0.2) is 22.7 Å². The molecule has 1 aromatic heterocycles. The fourth-order valence-corrected chi connectivity index (χ4v) is 2.43. The third kappa shape index (κ3) is 4.74. The molecule has 0 saturated carbocycles. The lowest BCUT2D eigenvalue weighted by Crippen LogP contribution is -2.31. The lowest BCUT2D eigenvalue weighted by molar-refractivity contribution is -0.143. The normalized spacial score (nSPS) is 12.4. The minimum absolute atomic E-state index is 0.0800. The standard InChI is InChI=1S/C16H20FN3O5/c1-20(9-14-18-13(19-25-14)6-7-23-2)15(16(21)22)11-8-10(17)4-5-12(11)24-3/h4-5,8,15H,6-7,9H2,1-3H3,(H,21,22). The van der Waals surface area contributed by atoms with Crippen LogP contribution in [-0.2, 0) is 22.5 Å². The third-order valence-corrected chi connectivity index (χ3v) is 3.59. The van der Waals surface area contributed by atoms with Gasteiger partial charge in [-0.1, -0.05) is 5.16 Å². The van der Waals surface area contributed by atoms with E-state index in [0.717, 1.165) is 6.07 Å². The molecule has 1 aromatic carbocycles. The van der Waals surface area contributed by atoms with Crippen molar-refractivity contribution in [1.29, 1.82) is 0 Å². The van der Waals surface area contributed by atoms with Crippen molar-refractivity contribution in [3.63, 3.8) is 0 Å². The van der Waals surface area contributed by atoms with E-state index < -0.39 is 17.8 Å². The van der Waals surface area contributed by atoms with Gasteiger partial charge in [0.25, 0.3) is 0 Å². The molecule has 1 N–H and O–H groups in total. The highest BCUT2D eigenvalue weighted by atomic mass is 19.1. The summed E-state index contributed by atoms with van der Waals surface area (Å²) in [6.07, 6.45) is 0.490. The second kappa shape index (κ2) is 8.54. The SMILES string of the molecule is COCCc1noc(CN(C)C(C(=O)O)c2cc(F)ccc2OC)n1. The molecule has 0 spiro atoms. The van der Waals surface area contributed by atoms with Gasteiger partial charge in [-0.05, 0) is 25.2 Å². The van der Waals surface area contributed by atoms with Gasteiger partial charge >= 0.3 is 5.97 Å². The van der Waals surface area contributed by atoms with Gasteiger partial charge < -0.3 is 19.1 Å². The van der Waals surface area contributed by atoms with Crippen LogP contribution in [0.5, 0.6) is 5.75 Å². The summed E-state index contributed by atoms with van der Waals surface area (Å²) in [6, 6.07) is 2.61. The molecule has 0 aliphatic heterocycles. The highest BCUT2D eigenvalue weighted by Crippen LogP contribution is 2.30. The molecule has 2 aromatic rings. The van der Waals surface area contributed by atoms with E-state index in [4.69, 9.17) is 14.0 Å². The van der Waals surface area contributed by atoms with E-state index in [9.17, 15) is 14.3 Å². The molecular weight excluding hydrogens is 333 g/mol. The van der Waals surface area contributed by atoms with Gasteiger partial charge in [0, 0.05) is 19.1 Å². The third-order valence-electron chi connectivity index (χ3n) is 3.59. The largest absolute Gasteiger partial charge is 0.496 e. The molecule has 8 nitrogen and oxygen atoms in total. The molecule has 0 fully saturated rings. The number of carboxylic acid groups (broad SMARTS) is 1. The minimum atomic E-state index is -1.15. The Morgan fingerprint density at radius 3 is 2.84 bits per heavy atom. The number of halogens is 1. The van der Waals surface area contributed by atoms with Gasteiger partial charge in [0.05, 0.1) is 20.3 Å². The number of carboxylic acids is 1. The Morgan fingerprint density at radius 2 is 2.20 bits per heavy atom. The fourth-order valence-electron chi connectivity index (χ4n) is 2.43. The topological polar surface area (TPSA) is 97.9 Å². The maximum absolute atomic E-state index is 13.6. The Hall–Kier alpha value is -2.52. The van der Waals surface area contributed by atoms with Crippen molar-refractivity contribution in [3.05, 3.63) is 41.3 Å². The number of hydrogen-bond donors (Lipinski definition) is 1. The number of aliphatic carboxylic acids is 1. The molecule has 0 saturated heterocycles. The maximum Gasteiger partial charge on any atom is 0.325 e. The van der Waals surface area contributed by atoms with Gasteiger partial charge in [0.1, 0.15) is 17.6 Å². The zero-order valence-electron chi connectivity index (χ0n) is 14.2. The van der Waals surface area contributed by atoms with E-state index in [1.165, 1.54) is 24.1 Å². The molecule has 136 valence electrons. The Labute approximate surface area is 144 Å². The van der Waals surface area contributed by atoms with E-state index in [-0.39, 0.29) is 23.7 Å². The number of nitrogens with zero attached hydrogens (tertiary/aromatic N) is 3. The summed E-state index contributed by atoms with van der Waals surface area (Å²) < 4.78 is 28.8. The predicted octanol–water partition coefficient (Wildman–Crippen LogP) is 1.66. The maximum atomic E-state index is 13.6. The summed E-state index contributed by atoms with van der Waals surface area (Å²) >= 11 is 0. The number of methoxy groups -OCH3 is 2. The van der Waals surface area contributed by atoms with Crippen LogP contribution in [0.25, 0.3) is 0 Å². The van der Waals surface area contributed by atoms with Crippen LogP contribution in [0, 0.1) is 5.82 Å². The van der Waals surface area contributed by atoms with Crippen LogP contribution in [0.1, 0.15) is 23.3 Å². The quantitative estimate of drug-likeness (QED) is 0.727. The zero-order chi connectivity index (χ0) is 18.4. The van der Waals surface area contributed by atoms with Gasteiger partial charge in [-0.25, -0.2) is 4.39 Å². The van der Waals surface area contributed by atoms with Gasteiger partial charge in [-0.2, -0.15) is 4.98 Å². The van der Waals surface area contributed by atoms with Crippen LogP contribution in [0.4, 0.5) is 4.39 Å². The number of benzene rings is 1. The first-order chi connectivity index (χ1) is 12.0. The molecule has 1 heterocycles. The summed E-state index contributed by atoms with van der Waals surface area (Å²) in [4.78, 5) is 17.4. The Balaban J connectivity index is 2.21. The average molecular weight is 353 g/mol. The Morgan fingerprint density at radius 1 is 1.44 bits per heavy atom. The van der Waals surface area contributed by atoms with Gasteiger partial charge in [0.15, 0.2) is 5.82 Å². The minimum Gasteiger partial charge on any atom is -0.496 e. The van der Waals surface area contributed by atoms with Crippen molar-refractivity contribution in [2.75, 3.05) is 27.9 Å². The molecule has 0 aliphatic carbocycles. The first kappa shape index (κ1) is 18.8. The molecule has 0 radical (unpaired) electrons. The number of likely N-dealkylation sites (N-methyl/N-ethyl adjacent to an activating group) is 1. The Bertz CT molecular complexity index is 722. The summed E-state index contributed by atoms with van der Waals surface area (Å²) in [5.41, 5.74) is 0.205. The smallest absolute Gasteiger partial charge is 0.325 e. The molecule has 25 heavy (non-hydrogen) atoms. The Kier molecular flexibility index (Phi) is 6.43. The number of rotatable bonds is 9. The predicted molar refractivity (Wildman–Crippen MR) is 84.7 cm³/mol. The van der Waals surface area contributed by atoms with Crippen molar-refractivity contribution in [1.82, 2.24) is 15.0 Å². The fraction of sp³-hybridized carbons (Fsp3) is 0.438. The molecule has 2 rings (SSSR count). The number of ether oxygens (including phenoxy) is 2. The average Bonchev–Trinajstić information content (AvgIpc) is 3.00. The highest BCUT2D eigenvalue weighted by molar-refractivity contribution is 5.76. The second-order valence-corrected chi connectivity index (χ2v) is 5.39. The number of carbonyl (C=O) groups is 1. The van der Waals surface area contributed by atoms with E-state index >= 15 is 0 Å². The van der Waals surface area contributed by atoms with Crippen LogP contribution in [0.3, 0.4) is 0 Å². The first-order valence-electron chi connectivity index (χ1n) is 7.53. The molecule has 0 bridgehead atoms. The zero-order valence-corrected chi connectivity index (χ0v) is 14.2. The van der Waals surface area contributed by atoms with Crippen molar-refractivity contribution in [2.45, 2.75) is 19.0 Å². The number of hydrogen-bond acceptors (Lipinski definition) is 7. The summed E-state index contributed by atoms with van der Waals surface area (Å²) in [6.45, 7) is 0.531.